The average Bonchev–Trinajstić information content (AvgIpc) is 2.70. The van der Waals surface area contributed by atoms with Gasteiger partial charge in [-0.15, -0.1) is 0 Å². The van der Waals surface area contributed by atoms with Gasteiger partial charge in [0.2, 0.25) is 5.91 Å². The first-order chi connectivity index (χ1) is 13.4. The van der Waals surface area contributed by atoms with E-state index in [0.29, 0.717) is 24.5 Å². The topological polar surface area (TPSA) is 64.6 Å². The summed E-state index contributed by atoms with van der Waals surface area (Å²) in [5.41, 5.74) is 1.58. The molecule has 3 rings (SSSR count). The first-order valence-corrected chi connectivity index (χ1v) is 10.2. The molecule has 0 bridgehead atoms. The highest BCUT2D eigenvalue weighted by atomic mass is 79.9. The van der Waals surface area contributed by atoms with Gasteiger partial charge in [0.15, 0.2) is 17.3 Å². The van der Waals surface area contributed by atoms with Crippen LogP contribution in [0.5, 0.6) is 11.5 Å². The fourth-order valence-corrected chi connectivity index (χ4v) is 3.41. The van der Waals surface area contributed by atoms with E-state index in [1.54, 1.807) is 12.1 Å². The van der Waals surface area contributed by atoms with Gasteiger partial charge in [-0.25, -0.2) is 0 Å². The zero-order valence-corrected chi connectivity index (χ0v) is 17.6. The molecule has 1 amide bonds. The predicted molar refractivity (Wildman–Crippen MR) is 111 cm³/mol. The molecule has 0 aliphatic carbocycles. The molecule has 1 aliphatic rings. The summed E-state index contributed by atoms with van der Waals surface area (Å²) in [5.74, 6) is 1.44. The molecule has 1 N–H and O–H groups in total. The standard InChI is InChI=1S/C22H24BrNO4/c1-14(2)22(16-5-9-19-20(13-16)28-12-11-27-19)24-21(26)10-8-18(25)15-3-6-17(23)7-4-15/h3-7,9,13-14,22H,8,10-12H2,1-2H3,(H,24,26)/t22-/m0/s1. The van der Waals surface area contributed by atoms with E-state index in [-0.39, 0.29) is 36.5 Å². The number of halogens is 1. The lowest BCUT2D eigenvalue weighted by Crippen LogP contribution is -2.32. The van der Waals surface area contributed by atoms with Crippen LogP contribution in [0.1, 0.15) is 48.7 Å². The van der Waals surface area contributed by atoms with Crippen molar-refractivity contribution in [2.75, 3.05) is 13.2 Å². The number of rotatable bonds is 7. The lowest BCUT2D eigenvalue weighted by Gasteiger charge is -2.25. The molecule has 1 atom stereocenters. The van der Waals surface area contributed by atoms with Gasteiger partial charge >= 0.3 is 0 Å². The maximum Gasteiger partial charge on any atom is 0.220 e. The first-order valence-electron chi connectivity index (χ1n) is 9.41. The van der Waals surface area contributed by atoms with Crippen molar-refractivity contribution in [1.29, 1.82) is 0 Å². The number of carbonyl (C=O) groups is 2. The van der Waals surface area contributed by atoms with Crippen molar-refractivity contribution in [3.63, 3.8) is 0 Å². The number of hydrogen-bond donors (Lipinski definition) is 1. The Hall–Kier alpha value is -2.34. The number of Topliss-reactive ketones (excluding diaryl/α,β-unsaturated/α-hetero) is 1. The highest BCUT2D eigenvalue weighted by Gasteiger charge is 2.22. The van der Waals surface area contributed by atoms with E-state index in [0.717, 1.165) is 15.8 Å². The van der Waals surface area contributed by atoms with Gasteiger partial charge in [0.1, 0.15) is 13.2 Å². The monoisotopic (exact) mass is 445 g/mol. The van der Waals surface area contributed by atoms with Crippen LogP contribution in [0.15, 0.2) is 46.9 Å². The van der Waals surface area contributed by atoms with Crippen LogP contribution in [0.3, 0.4) is 0 Å². The highest BCUT2D eigenvalue weighted by Crippen LogP contribution is 2.34. The maximum atomic E-state index is 12.5. The molecule has 0 saturated heterocycles. The van der Waals surface area contributed by atoms with Gasteiger partial charge in [0.05, 0.1) is 6.04 Å². The van der Waals surface area contributed by atoms with Crippen molar-refractivity contribution < 1.29 is 19.1 Å². The number of benzene rings is 2. The van der Waals surface area contributed by atoms with E-state index in [4.69, 9.17) is 9.47 Å². The summed E-state index contributed by atoms with van der Waals surface area (Å²) in [6.07, 6.45) is 0.335. The Morgan fingerprint density at radius 2 is 1.68 bits per heavy atom. The second-order valence-electron chi connectivity index (χ2n) is 7.12. The summed E-state index contributed by atoms with van der Waals surface area (Å²) in [6.45, 7) is 5.17. The molecule has 148 valence electrons. The minimum Gasteiger partial charge on any atom is -0.486 e. The van der Waals surface area contributed by atoms with Gasteiger partial charge < -0.3 is 14.8 Å². The minimum atomic E-state index is -0.161. The second kappa shape index (κ2) is 9.24. The van der Waals surface area contributed by atoms with Crippen LogP contribution < -0.4 is 14.8 Å². The molecule has 5 nitrogen and oxygen atoms in total. The first kappa shape index (κ1) is 20.4. The summed E-state index contributed by atoms with van der Waals surface area (Å²) in [7, 11) is 0. The fraction of sp³-hybridized carbons (Fsp3) is 0.364. The molecule has 28 heavy (non-hydrogen) atoms. The highest BCUT2D eigenvalue weighted by molar-refractivity contribution is 9.10. The van der Waals surface area contributed by atoms with Crippen molar-refractivity contribution in [3.8, 4) is 11.5 Å². The lowest BCUT2D eigenvalue weighted by molar-refractivity contribution is -0.122. The molecule has 0 spiro atoms. The number of nitrogens with one attached hydrogen (secondary N) is 1. The Morgan fingerprint density at radius 1 is 1.00 bits per heavy atom. The van der Waals surface area contributed by atoms with Gasteiger partial charge in [0, 0.05) is 22.9 Å². The van der Waals surface area contributed by atoms with E-state index in [1.165, 1.54) is 0 Å². The van der Waals surface area contributed by atoms with Crippen molar-refractivity contribution in [2.24, 2.45) is 5.92 Å². The van der Waals surface area contributed by atoms with Crippen molar-refractivity contribution >= 4 is 27.6 Å². The maximum absolute atomic E-state index is 12.5. The molecule has 0 saturated carbocycles. The molecule has 6 heteroatoms. The molecule has 2 aromatic carbocycles. The van der Waals surface area contributed by atoms with E-state index < -0.39 is 0 Å². The molecule has 0 aromatic heterocycles. The summed E-state index contributed by atoms with van der Waals surface area (Å²) < 4.78 is 12.1. The van der Waals surface area contributed by atoms with Crippen LogP contribution in [0.25, 0.3) is 0 Å². The zero-order chi connectivity index (χ0) is 20.1. The van der Waals surface area contributed by atoms with Crippen molar-refractivity contribution in [3.05, 3.63) is 58.1 Å². The molecule has 0 radical (unpaired) electrons. The summed E-state index contributed by atoms with van der Waals surface area (Å²) in [5, 5.41) is 3.06. The molecule has 1 aliphatic heterocycles. The largest absolute Gasteiger partial charge is 0.486 e. The van der Waals surface area contributed by atoms with Gasteiger partial charge in [-0.05, 0) is 35.7 Å². The van der Waals surface area contributed by atoms with Gasteiger partial charge in [-0.3, -0.25) is 9.59 Å². The van der Waals surface area contributed by atoms with E-state index >= 15 is 0 Å². The van der Waals surface area contributed by atoms with Gasteiger partial charge in [-0.2, -0.15) is 0 Å². The Labute approximate surface area is 173 Å². The number of carbonyl (C=O) groups excluding carboxylic acids is 2. The SMILES string of the molecule is CC(C)[C@H](NC(=O)CCC(=O)c1ccc(Br)cc1)c1ccc2c(c1)OCCO2. The van der Waals surface area contributed by atoms with Crippen molar-refractivity contribution in [1.82, 2.24) is 5.32 Å². The number of ketones is 1. The second-order valence-corrected chi connectivity index (χ2v) is 8.04. The van der Waals surface area contributed by atoms with E-state index in [1.807, 2.05) is 30.3 Å². The molecule has 0 fully saturated rings. The third kappa shape index (κ3) is 5.13. The average molecular weight is 446 g/mol. The molecule has 1 heterocycles. The molecular weight excluding hydrogens is 422 g/mol. The van der Waals surface area contributed by atoms with Crippen LogP contribution in [0.2, 0.25) is 0 Å². The Morgan fingerprint density at radius 3 is 2.36 bits per heavy atom. The van der Waals surface area contributed by atoms with Crippen LogP contribution in [0, 0.1) is 5.92 Å². The number of amides is 1. The van der Waals surface area contributed by atoms with E-state index in [2.05, 4.69) is 35.1 Å². The summed E-state index contributed by atoms with van der Waals surface area (Å²) >= 11 is 3.35. The van der Waals surface area contributed by atoms with Crippen LogP contribution >= 0.6 is 15.9 Å². The number of ether oxygens (including phenoxy) is 2. The zero-order valence-electron chi connectivity index (χ0n) is 16.0. The molecular formula is C22H24BrNO4. The summed E-state index contributed by atoms with van der Waals surface area (Å²) in [4.78, 5) is 24.8. The summed E-state index contributed by atoms with van der Waals surface area (Å²) in [6, 6.07) is 12.8. The third-order valence-electron chi connectivity index (χ3n) is 4.65. The van der Waals surface area contributed by atoms with Gasteiger partial charge in [-0.1, -0.05) is 48.0 Å². The molecule has 2 aromatic rings. The number of fused-ring (bicyclic) bond motifs is 1. The van der Waals surface area contributed by atoms with Gasteiger partial charge in [0.25, 0.3) is 0 Å². The normalized spacial score (nSPS) is 13.9. The number of hydrogen-bond acceptors (Lipinski definition) is 4. The smallest absolute Gasteiger partial charge is 0.220 e. The lowest BCUT2D eigenvalue weighted by atomic mass is 9.95. The quantitative estimate of drug-likeness (QED) is 0.627. The third-order valence-corrected chi connectivity index (χ3v) is 5.18. The Kier molecular flexibility index (Phi) is 6.73. The molecule has 0 unspecified atom stereocenters. The fourth-order valence-electron chi connectivity index (χ4n) is 3.14. The van der Waals surface area contributed by atoms with Crippen LogP contribution in [0.4, 0.5) is 0 Å². The minimum absolute atomic E-state index is 0.0388. The Balaban J connectivity index is 1.61. The van der Waals surface area contributed by atoms with E-state index in [9.17, 15) is 9.59 Å². The van der Waals surface area contributed by atoms with Crippen LogP contribution in [-0.2, 0) is 4.79 Å². The Bertz CT molecular complexity index is 848. The van der Waals surface area contributed by atoms with Crippen molar-refractivity contribution in [2.45, 2.75) is 32.7 Å². The van der Waals surface area contributed by atoms with Crippen LogP contribution in [-0.4, -0.2) is 24.9 Å². The predicted octanol–water partition coefficient (Wildman–Crippen LogP) is 4.70.